The van der Waals surface area contributed by atoms with Crippen LogP contribution in [0.4, 0.5) is 0 Å². The predicted octanol–water partition coefficient (Wildman–Crippen LogP) is 4.56. The minimum Gasteiger partial charge on any atom is -0.351 e. The van der Waals surface area contributed by atoms with E-state index in [4.69, 9.17) is 0 Å². The summed E-state index contributed by atoms with van der Waals surface area (Å²) < 4.78 is 4.23. The zero-order valence-corrected chi connectivity index (χ0v) is 13.8. The van der Waals surface area contributed by atoms with Gasteiger partial charge in [0.25, 0.3) is 0 Å². The molecule has 4 nitrogen and oxygen atoms in total. The Bertz CT molecular complexity index is 1200. The number of rotatable bonds is 2. The molecule has 0 radical (unpaired) electrons. The Morgan fingerprint density at radius 3 is 2.60 bits per heavy atom. The number of aryl methyl sites for hydroxylation is 1. The number of benzene rings is 2. The second-order valence-corrected chi connectivity index (χ2v) is 6.21. The monoisotopic (exact) mass is 324 g/mol. The number of hydrogen-bond donors (Lipinski definition) is 0. The lowest BCUT2D eigenvalue weighted by Gasteiger charge is -2.06. The van der Waals surface area contributed by atoms with Crippen LogP contribution in [0, 0.1) is 0 Å². The lowest BCUT2D eigenvalue weighted by atomic mass is 10.1. The number of nitrogens with zero attached hydrogens (tertiary/aromatic N) is 4. The van der Waals surface area contributed by atoms with Crippen LogP contribution in [-0.4, -0.2) is 18.9 Å². The smallest absolute Gasteiger partial charge is 0.155 e. The van der Waals surface area contributed by atoms with Crippen molar-refractivity contribution in [1.82, 2.24) is 18.9 Å². The van der Waals surface area contributed by atoms with Crippen molar-refractivity contribution in [3.63, 3.8) is 0 Å². The van der Waals surface area contributed by atoms with Crippen LogP contribution in [0.3, 0.4) is 0 Å². The maximum absolute atomic E-state index is 4.61. The molecule has 0 aliphatic rings. The third kappa shape index (κ3) is 2.22. The van der Waals surface area contributed by atoms with Crippen LogP contribution in [0.15, 0.2) is 79.4 Å². The number of aromatic nitrogens is 4. The minimum atomic E-state index is 0.850. The van der Waals surface area contributed by atoms with Crippen LogP contribution in [0.1, 0.15) is 0 Å². The van der Waals surface area contributed by atoms with E-state index in [1.807, 2.05) is 30.6 Å². The summed E-state index contributed by atoms with van der Waals surface area (Å²) in [6.07, 6.45) is 7.87. The van der Waals surface area contributed by atoms with Crippen LogP contribution < -0.4 is 0 Å². The maximum atomic E-state index is 4.61. The van der Waals surface area contributed by atoms with Crippen molar-refractivity contribution in [2.45, 2.75) is 0 Å². The van der Waals surface area contributed by atoms with E-state index >= 15 is 0 Å². The van der Waals surface area contributed by atoms with Gasteiger partial charge in [0.1, 0.15) is 0 Å². The molecule has 25 heavy (non-hydrogen) atoms. The maximum Gasteiger partial charge on any atom is 0.155 e. The molecular weight excluding hydrogens is 308 g/mol. The Morgan fingerprint density at radius 2 is 1.72 bits per heavy atom. The summed E-state index contributed by atoms with van der Waals surface area (Å²) in [7, 11) is 2.06. The molecule has 3 heterocycles. The standard InChI is InChI=1S/C21H16N4/c1-24-10-9-17-11-16(7-8-19(17)24)18-14-25-20(12-23-21(25)13-22-18)15-5-3-2-4-6-15/h2-14H,1H3. The van der Waals surface area contributed by atoms with E-state index in [0.29, 0.717) is 0 Å². The van der Waals surface area contributed by atoms with Crippen LogP contribution >= 0.6 is 0 Å². The Labute approximate surface area is 145 Å². The molecule has 0 aliphatic carbocycles. The molecule has 5 aromatic rings. The van der Waals surface area contributed by atoms with Crippen molar-refractivity contribution in [3.8, 4) is 22.5 Å². The fraction of sp³-hybridized carbons (Fsp3) is 0.0476. The molecule has 0 bridgehead atoms. The molecule has 0 spiro atoms. The van der Waals surface area contributed by atoms with E-state index in [-0.39, 0.29) is 0 Å². The molecule has 0 atom stereocenters. The van der Waals surface area contributed by atoms with Crippen LogP contribution in [0.25, 0.3) is 39.1 Å². The molecule has 0 aliphatic heterocycles. The van der Waals surface area contributed by atoms with Gasteiger partial charge >= 0.3 is 0 Å². The summed E-state index contributed by atoms with van der Waals surface area (Å²) in [5, 5.41) is 1.22. The highest BCUT2D eigenvalue weighted by atomic mass is 15.0. The highest BCUT2D eigenvalue weighted by Crippen LogP contribution is 2.26. The van der Waals surface area contributed by atoms with Gasteiger partial charge in [0.2, 0.25) is 0 Å². The first-order valence-corrected chi connectivity index (χ1v) is 8.23. The summed E-state index contributed by atoms with van der Waals surface area (Å²) in [5.74, 6) is 0. The van der Waals surface area contributed by atoms with E-state index in [1.165, 1.54) is 10.9 Å². The molecule has 4 heteroatoms. The molecular formula is C21H16N4. The average molecular weight is 324 g/mol. The van der Waals surface area contributed by atoms with E-state index in [9.17, 15) is 0 Å². The van der Waals surface area contributed by atoms with Crippen molar-refractivity contribution >= 4 is 16.6 Å². The van der Waals surface area contributed by atoms with E-state index in [2.05, 4.69) is 74.8 Å². The number of hydrogen-bond acceptors (Lipinski definition) is 2. The first kappa shape index (κ1) is 14.0. The third-order valence-corrected chi connectivity index (χ3v) is 4.65. The van der Waals surface area contributed by atoms with E-state index in [1.54, 1.807) is 0 Å². The largest absolute Gasteiger partial charge is 0.351 e. The first-order chi connectivity index (χ1) is 12.3. The van der Waals surface area contributed by atoms with Crippen molar-refractivity contribution in [2.24, 2.45) is 7.05 Å². The van der Waals surface area contributed by atoms with Gasteiger partial charge in [-0.15, -0.1) is 0 Å². The zero-order valence-electron chi connectivity index (χ0n) is 13.8. The molecule has 0 amide bonds. The summed E-state index contributed by atoms with van der Waals surface area (Å²) in [6, 6.07) is 18.9. The molecule has 0 saturated carbocycles. The topological polar surface area (TPSA) is 35.1 Å². The second kappa shape index (κ2) is 5.31. The van der Waals surface area contributed by atoms with Crippen molar-refractivity contribution in [1.29, 1.82) is 0 Å². The molecule has 120 valence electrons. The molecule has 3 aromatic heterocycles. The molecule has 0 saturated heterocycles. The Morgan fingerprint density at radius 1 is 0.840 bits per heavy atom. The quantitative estimate of drug-likeness (QED) is 0.477. The van der Waals surface area contributed by atoms with Gasteiger partial charge < -0.3 is 4.57 Å². The normalized spacial score (nSPS) is 11.4. The van der Waals surface area contributed by atoms with Gasteiger partial charge in [-0.25, -0.2) is 4.98 Å². The third-order valence-electron chi connectivity index (χ3n) is 4.65. The second-order valence-electron chi connectivity index (χ2n) is 6.21. The summed E-state index contributed by atoms with van der Waals surface area (Å²) in [6.45, 7) is 0. The molecule has 0 fully saturated rings. The molecule has 2 aromatic carbocycles. The number of imidazole rings is 1. The van der Waals surface area contributed by atoms with Gasteiger partial charge in [0.15, 0.2) is 5.65 Å². The fourth-order valence-corrected chi connectivity index (χ4v) is 3.30. The highest BCUT2D eigenvalue weighted by Gasteiger charge is 2.09. The van der Waals surface area contributed by atoms with Gasteiger partial charge in [0, 0.05) is 41.5 Å². The molecule has 0 N–H and O–H groups in total. The van der Waals surface area contributed by atoms with Crippen LogP contribution in [0.5, 0.6) is 0 Å². The lowest BCUT2D eigenvalue weighted by Crippen LogP contribution is -1.93. The van der Waals surface area contributed by atoms with Crippen molar-refractivity contribution in [2.75, 3.05) is 0 Å². The van der Waals surface area contributed by atoms with E-state index in [0.717, 1.165) is 28.2 Å². The highest BCUT2D eigenvalue weighted by molar-refractivity contribution is 5.85. The predicted molar refractivity (Wildman–Crippen MR) is 100 cm³/mol. The van der Waals surface area contributed by atoms with Crippen molar-refractivity contribution in [3.05, 3.63) is 79.4 Å². The SMILES string of the molecule is Cn1ccc2cc(-c3cn4c(-c5ccccc5)cnc4cn3)ccc21. The van der Waals surface area contributed by atoms with Crippen LogP contribution in [0.2, 0.25) is 0 Å². The Balaban J connectivity index is 1.68. The fourth-order valence-electron chi connectivity index (χ4n) is 3.30. The van der Waals surface area contributed by atoms with Gasteiger partial charge in [-0.05, 0) is 18.2 Å². The first-order valence-electron chi connectivity index (χ1n) is 8.23. The Kier molecular flexibility index (Phi) is 2.97. The average Bonchev–Trinajstić information content (AvgIpc) is 3.25. The molecule has 0 unspecified atom stereocenters. The molecule has 5 rings (SSSR count). The lowest BCUT2D eigenvalue weighted by molar-refractivity contribution is 0.969. The summed E-state index contributed by atoms with van der Waals surface area (Å²) in [4.78, 5) is 9.09. The Hall–Kier alpha value is -3.40. The summed E-state index contributed by atoms with van der Waals surface area (Å²) >= 11 is 0. The van der Waals surface area contributed by atoms with Crippen molar-refractivity contribution < 1.29 is 0 Å². The number of fused-ring (bicyclic) bond motifs is 2. The minimum absolute atomic E-state index is 0.850. The van der Waals surface area contributed by atoms with Crippen LogP contribution in [-0.2, 0) is 7.05 Å². The van der Waals surface area contributed by atoms with Gasteiger partial charge in [0.05, 0.1) is 23.8 Å². The summed E-state index contributed by atoms with van der Waals surface area (Å²) in [5.41, 5.74) is 6.33. The van der Waals surface area contributed by atoms with Gasteiger partial charge in [-0.2, -0.15) is 0 Å². The van der Waals surface area contributed by atoms with E-state index < -0.39 is 0 Å². The van der Waals surface area contributed by atoms with Gasteiger partial charge in [-0.1, -0.05) is 36.4 Å². The zero-order chi connectivity index (χ0) is 16.8. The van der Waals surface area contributed by atoms with Gasteiger partial charge in [-0.3, -0.25) is 9.38 Å².